The van der Waals surface area contributed by atoms with Crippen molar-refractivity contribution in [1.29, 1.82) is 0 Å². The van der Waals surface area contributed by atoms with Crippen LogP contribution >= 0.6 is 0 Å². The summed E-state index contributed by atoms with van der Waals surface area (Å²) in [6.45, 7) is 0. The van der Waals surface area contributed by atoms with Crippen molar-refractivity contribution in [3.05, 3.63) is 23.8 Å². The van der Waals surface area contributed by atoms with E-state index in [-0.39, 0.29) is 5.95 Å². The summed E-state index contributed by atoms with van der Waals surface area (Å²) in [5.74, 6) is -0.268. The number of hydrogen-bond acceptors (Lipinski definition) is 6. The molecule has 1 amide bonds. The van der Waals surface area contributed by atoms with Gasteiger partial charge in [0.15, 0.2) is 0 Å². The van der Waals surface area contributed by atoms with Gasteiger partial charge in [0.25, 0.3) is 11.9 Å². The minimum absolute atomic E-state index is 0.124. The molecule has 5 N–H and O–H groups in total. The second-order valence-corrected chi connectivity index (χ2v) is 3.44. The van der Waals surface area contributed by atoms with Crippen molar-refractivity contribution in [1.82, 2.24) is 20.2 Å². The van der Waals surface area contributed by atoms with Crippen molar-refractivity contribution >= 4 is 23.2 Å². The molecule has 0 spiro atoms. The number of rotatable bonds is 2. The Labute approximate surface area is 96.6 Å². The van der Waals surface area contributed by atoms with Crippen molar-refractivity contribution in [2.45, 2.75) is 0 Å². The molecule has 0 aliphatic carbocycles. The van der Waals surface area contributed by atoms with E-state index in [2.05, 4.69) is 20.7 Å². The number of tetrazole rings is 1. The smallest absolute Gasteiger partial charge is 0.270 e. The van der Waals surface area contributed by atoms with Crippen LogP contribution in [0.25, 0.3) is 0 Å². The Morgan fingerprint density at radius 1 is 1.29 bits per heavy atom. The van der Waals surface area contributed by atoms with Crippen LogP contribution in [0.4, 0.5) is 17.3 Å². The largest absolute Gasteiger partial charge is 0.399 e. The molecule has 1 heterocycles. The number of aromatic nitrogens is 4. The lowest BCUT2D eigenvalue weighted by molar-refractivity contribution is 0.102. The minimum Gasteiger partial charge on any atom is -0.399 e. The van der Waals surface area contributed by atoms with Gasteiger partial charge in [-0.25, -0.2) is 0 Å². The van der Waals surface area contributed by atoms with Crippen LogP contribution in [-0.2, 0) is 7.05 Å². The molecule has 17 heavy (non-hydrogen) atoms. The summed E-state index contributed by atoms with van der Waals surface area (Å²) < 4.78 is 0. The molecule has 0 atom stereocenters. The summed E-state index contributed by atoms with van der Waals surface area (Å²) in [4.78, 5) is 13.0. The lowest BCUT2D eigenvalue weighted by Gasteiger charge is -2.03. The zero-order valence-electron chi connectivity index (χ0n) is 9.08. The first-order valence-corrected chi connectivity index (χ1v) is 4.76. The van der Waals surface area contributed by atoms with Crippen molar-refractivity contribution in [2.75, 3.05) is 16.8 Å². The van der Waals surface area contributed by atoms with E-state index >= 15 is 0 Å². The maximum atomic E-state index is 11.8. The number of carbonyl (C=O) groups excluding carboxylic acids is 1. The molecule has 1 aromatic heterocycles. The molecular formula is C9H11N7O. The Morgan fingerprint density at radius 2 is 1.94 bits per heavy atom. The molecule has 0 aliphatic heterocycles. The van der Waals surface area contributed by atoms with Crippen LogP contribution in [0.5, 0.6) is 0 Å². The molecule has 8 nitrogen and oxygen atoms in total. The third-order valence-corrected chi connectivity index (χ3v) is 1.97. The Morgan fingerprint density at radius 3 is 2.47 bits per heavy atom. The number of nitrogen functional groups attached to an aromatic ring is 2. The van der Waals surface area contributed by atoms with Gasteiger partial charge in [-0.2, -0.15) is 4.80 Å². The van der Waals surface area contributed by atoms with E-state index in [1.165, 1.54) is 16.9 Å². The van der Waals surface area contributed by atoms with E-state index in [0.717, 1.165) is 0 Å². The molecule has 0 saturated heterocycles. The number of anilines is 3. The maximum absolute atomic E-state index is 11.8. The maximum Gasteiger partial charge on any atom is 0.270 e. The van der Waals surface area contributed by atoms with Crippen molar-refractivity contribution in [3.63, 3.8) is 0 Å². The summed E-state index contributed by atoms with van der Waals surface area (Å²) in [5.41, 5.74) is 12.4. The van der Waals surface area contributed by atoms with Gasteiger partial charge in [0, 0.05) is 16.9 Å². The number of carbonyl (C=O) groups is 1. The van der Waals surface area contributed by atoms with Gasteiger partial charge in [0.2, 0.25) is 0 Å². The number of nitrogens with two attached hydrogens (primary N) is 2. The molecule has 2 aromatic rings. The average Bonchev–Trinajstić information content (AvgIpc) is 2.62. The molecule has 0 unspecified atom stereocenters. The summed E-state index contributed by atoms with van der Waals surface area (Å²) in [6.07, 6.45) is 0. The van der Waals surface area contributed by atoms with Crippen LogP contribution in [0.3, 0.4) is 0 Å². The predicted molar refractivity (Wildman–Crippen MR) is 62.0 cm³/mol. The van der Waals surface area contributed by atoms with Gasteiger partial charge in [-0.15, -0.1) is 5.10 Å². The molecular weight excluding hydrogens is 222 g/mol. The van der Waals surface area contributed by atoms with Crippen LogP contribution in [0, 0.1) is 0 Å². The van der Waals surface area contributed by atoms with Crippen LogP contribution in [0.2, 0.25) is 0 Å². The van der Waals surface area contributed by atoms with Gasteiger partial charge in [-0.1, -0.05) is 5.10 Å². The minimum atomic E-state index is -0.392. The number of amides is 1. The fourth-order valence-electron chi connectivity index (χ4n) is 1.32. The van der Waals surface area contributed by atoms with E-state index in [0.29, 0.717) is 16.9 Å². The highest BCUT2D eigenvalue weighted by Gasteiger charge is 2.10. The van der Waals surface area contributed by atoms with E-state index in [1.54, 1.807) is 13.1 Å². The monoisotopic (exact) mass is 233 g/mol. The van der Waals surface area contributed by atoms with Gasteiger partial charge < -0.3 is 11.5 Å². The first-order chi connectivity index (χ1) is 8.04. The zero-order chi connectivity index (χ0) is 12.4. The number of benzene rings is 1. The van der Waals surface area contributed by atoms with Crippen LogP contribution in [0.1, 0.15) is 10.4 Å². The van der Waals surface area contributed by atoms with Gasteiger partial charge >= 0.3 is 0 Å². The summed E-state index contributed by atoms with van der Waals surface area (Å²) in [5, 5.41) is 13.5. The Hall–Kier alpha value is -2.64. The standard InChI is InChI=1S/C9H11N7O/c1-16-14-9(13-15-16)12-8(17)5-2-6(10)4-7(11)3-5/h2-4H,10-11H2,1H3,(H,12,14,17). The quantitative estimate of drug-likeness (QED) is 0.607. The lowest BCUT2D eigenvalue weighted by Crippen LogP contribution is -2.14. The number of nitrogens with zero attached hydrogens (tertiary/aromatic N) is 4. The van der Waals surface area contributed by atoms with Crippen LogP contribution in [-0.4, -0.2) is 26.1 Å². The van der Waals surface area contributed by atoms with Gasteiger partial charge in [0.05, 0.1) is 7.05 Å². The van der Waals surface area contributed by atoms with Gasteiger partial charge in [-0.3, -0.25) is 10.1 Å². The normalized spacial score (nSPS) is 10.2. The fourth-order valence-corrected chi connectivity index (χ4v) is 1.32. The highest BCUT2D eigenvalue weighted by Crippen LogP contribution is 2.14. The summed E-state index contributed by atoms with van der Waals surface area (Å²) >= 11 is 0. The average molecular weight is 233 g/mol. The van der Waals surface area contributed by atoms with Crippen LogP contribution < -0.4 is 16.8 Å². The second kappa shape index (κ2) is 4.08. The van der Waals surface area contributed by atoms with E-state index in [9.17, 15) is 4.79 Å². The number of aryl methyl sites for hydroxylation is 1. The van der Waals surface area contributed by atoms with Gasteiger partial charge in [-0.05, 0) is 23.4 Å². The SMILES string of the molecule is Cn1nnc(NC(=O)c2cc(N)cc(N)c2)n1. The molecule has 0 saturated carbocycles. The first kappa shape index (κ1) is 10.9. The zero-order valence-corrected chi connectivity index (χ0v) is 9.08. The molecule has 88 valence electrons. The molecule has 0 bridgehead atoms. The number of hydrogen-bond donors (Lipinski definition) is 3. The topological polar surface area (TPSA) is 125 Å². The molecule has 0 aliphatic rings. The van der Waals surface area contributed by atoms with Crippen LogP contribution in [0.15, 0.2) is 18.2 Å². The molecule has 1 aromatic carbocycles. The molecule has 0 radical (unpaired) electrons. The Kier molecular flexibility index (Phi) is 2.61. The highest BCUT2D eigenvalue weighted by molar-refractivity contribution is 6.04. The van der Waals surface area contributed by atoms with Crippen molar-refractivity contribution in [3.8, 4) is 0 Å². The third kappa shape index (κ3) is 2.48. The predicted octanol–water partition coefficient (Wildman–Crippen LogP) is -0.373. The van der Waals surface area contributed by atoms with Crippen molar-refractivity contribution in [2.24, 2.45) is 7.05 Å². The van der Waals surface area contributed by atoms with E-state index < -0.39 is 5.91 Å². The van der Waals surface area contributed by atoms with Crippen molar-refractivity contribution < 1.29 is 4.79 Å². The van der Waals surface area contributed by atoms with E-state index in [4.69, 9.17) is 11.5 Å². The second-order valence-electron chi connectivity index (χ2n) is 3.44. The number of nitrogens with one attached hydrogen (secondary N) is 1. The first-order valence-electron chi connectivity index (χ1n) is 4.76. The Bertz CT molecular complexity index is 542. The molecule has 8 heteroatoms. The lowest BCUT2D eigenvalue weighted by atomic mass is 10.1. The van der Waals surface area contributed by atoms with Gasteiger partial charge in [0.1, 0.15) is 0 Å². The van der Waals surface area contributed by atoms with E-state index in [1.807, 2.05) is 0 Å². The third-order valence-electron chi connectivity index (χ3n) is 1.97. The molecule has 2 rings (SSSR count). The highest BCUT2D eigenvalue weighted by atomic mass is 16.1. The Balaban J connectivity index is 2.19. The summed E-state index contributed by atoms with van der Waals surface area (Å²) in [7, 11) is 1.60. The fraction of sp³-hybridized carbons (Fsp3) is 0.111. The summed E-state index contributed by atoms with van der Waals surface area (Å²) in [6, 6.07) is 4.60. The molecule has 0 fully saturated rings.